The van der Waals surface area contributed by atoms with Crippen LogP contribution >= 0.6 is 0 Å². The summed E-state index contributed by atoms with van der Waals surface area (Å²) in [6, 6.07) is 10.0. The van der Waals surface area contributed by atoms with Crippen LogP contribution in [0.25, 0.3) is 11.1 Å². The lowest BCUT2D eigenvalue weighted by atomic mass is 10.1. The highest BCUT2D eigenvalue weighted by Crippen LogP contribution is 2.32. The molecule has 0 aliphatic carbocycles. The van der Waals surface area contributed by atoms with Gasteiger partial charge in [0.05, 0.1) is 18.4 Å². The van der Waals surface area contributed by atoms with E-state index in [0.29, 0.717) is 11.3 Å². The average molecular weight is 325 g/mol. The third kappa shape index (κ3) is 3.05. The third-order valence-electron chi connectivity index (χ3n) is 3.51. The minimum atomic E-state index is -0.452. The van der Waals surface area contributed by atoms with Crippen molar-refractivity contribution in [3.8, 4) is 16.9 Å². The Morgan fingerprint density at radius 3 is 2.67 bits per heavy atom. The number of carbonyl (C=O) groups excluding carboxylic acids is 1. The van der Waals surface area contributed by atoms with E-state index in [1.165, 1.54) is 18.3 Å². The van der Waals surface area contributed by atoms with Gasteiger partial charge in [-0.3, -0.25) is 14.9 Å². The average Bonchev–Trinajstić information content (AvgIpc) is 2.95. The van der Waals surface area contributed by atoms with Crippen molar-refractivity contribution in [3.05, 3.63) is 64.2 Å². The number of aromatic nitrogens is 2. The number of benzene rings is 1. The highest BCUT2D eigenvalue weighted by molar-refractivity contribution is 6.05. The topological polar surface area (TPSA) is 97.2 Å². The van der Waals surface area contributed by atoms with Crippen molar-refractivity contribution in [2.75, 3.05) is 12.4 Å². The molecule has 1 amide bonds. The van der Waals surface area contributed by atoms with E-state index in [1.54, 1.807) is 14.0 Å². The molecule has 0 atom stereocenters. The highest BCUT2D eigenvalue weighted by atomic mass is 16.5. The second-order valence-corrected chi connectivity index (χ2v) is 5.10. The lowest BCUT2D eigenvalue weighted by Crippen LogP contribution is -2.15. The quantitative estimate of drug-likeness (QED) is 0.768. The first-order valence-corrected chi connectivity index (χ1v) is 7.19. The molecular formula is C17H15N3O4. The number of methoxy groups -OCH3 is 1. The Hall–Kier alpha value is -3.35. The molecular weight excluding hydrogens is 310 g/mol. The molecule has 0 aliphatic heterocycles. The van der Waals surface area contributed by atoms with Crippen molar-refractivity contribution < 1.29 is 14.1 Å². The van der Waals surface area contributed by atoms with Crippen molar-refractivity contribution in [3.63, 3.8) is 0 Å². The van der Waals surface area contributed by atoms with Crippen molar-refractivity contribution in [2.45, 2.75) is 6.92 Å². The first kappa shape index (κ1) is 15.5. The largest absolute Gasteiger partial charge is 0.497 e. The molecule has 2 aromatic heterocycles. The van der Waals surface area contributed by atoms with Crippen LogP contribution in [0.1, 0.15) is 16.1 Å². The summed E-state index contributed by atoms with van der Waals surface area (Å²) < 4.78 is 10.4. The molecule has 3 aromatic rings. The normalized spacial score (nSPS) is 10.4. The van der Waals surface area contributed by atoms with Gasteiger partial charge < -0.3 is 14.2 Å². The summed E-state index contributed by atoms with van der Waals surface area (Å²) in [6.45, 7) is 1.78. The number of amides is 1. The fourth-order valence-electron chi connectivity index (χ4n) is 2.31. The molecule has 7 nitrogen and oxygen atoms in total. The number of H-pyrrole nitrogens is 1. The predicted molar refractivity (Wildman–Crippen MR) is 88.2 cm³/mol. The van der Waals surface area contributed by atoms with Crippen molar-refractivity contribution >= 4 is 11.8 Å². The van der Waals surface area contributed by atoms with Crippen LogP contribution in [0, 0.1) is 6.92 Å². The van der Waals surface area contributed by atoms with Crippen LogP contribution in [-0.4, -0.2) is 23.2 Å². The molecule has 0 radical (unpaired) electrons. The minimum Gasteiger partial charge on any atom is -0.497 e. The number of aromatic amines is 1. The summed E-state index contributed by atoms with van der Waals surface area (Å²) in [5.41, 5.74) is 2.02. The minimum absolute atomic E-state index is 0.225. The molecule has 1 aromatic carbocycles. The molecule has 0 spiro atoms. The SMILES string of the molecule is COc1ccc(-c2c(C)noc2NC(=O)c2cc[nH]c(=O)c2)cc1. The third-order valence-corrected chi connectivity index (χ3v) is 3.51. The Kier molecular flexibility index (Phi) is 4.15. The second kappa shape index (κ2) is 6.41. The Morgan fingerprint density at radius 2 is 2.00 bits per heavy atom. The van der Waals surface area contributed by atoms with E-state index in [1.807, 2.05) is 24.3 Å². The standard InChI is InChI=1S/C17H15N3O4/c1-10-15(11-3-5-13(23-2)6-4-11)17(24-20-10)19-16(22)12-7-8-18-14(21)9-12/h3-9H,1-2H3,(H,18,21)(H,19,22). The van der Waals surface area contributed by atoms with Gasteiger partial charge in [-0.2, -0.15) is 0 Å². The van der Waals surface area contributed by atoms with Crippen LogP contribution in [0.4, 0.5) is 5.88 Å². The van der Waals surface area contributed by atoms with E-state index < -0.39 is 5.91 Å². The Balaban J connectivity index is 1.92. The molecule has 0 aliphatic rings. The van der Waals surface area contributed by atoms with Crippen LogP contribution in [0.2, 0.25) is 0 Å². The zero-order chi connectivity index (χ0) is 17.1. The van der Waals surface area contributed by atoms with Gasteiger partial charge in [0.25, 0.3) is 5.91 Å². The molecule has 7 heteroatoms. The fourth-order valence-corrected chi connectivity index (χ4v) is 2.31. The molecule has 2 heterocycles. The summed E-state index contributed by atoms with van der Waals surface area (Å²) in [7, 11) is 1.59. The van der Waals surface area contributed by atoms with Crippen LogP contribution < -0.4 is 15.6 Å². The monoisotopic (exact) mass is 325 g/mol. The zero-order valence-electron chi connectivity index (χ0n) is 13.1. The molecule has 0 fully saturated rings. The van der Waals surface area contributed by atoms with Crippen LogP contribution in [0.5, 0.6) is 5.75 Å². The number of aryl methyl sites for hydroxylation is 1. The van der Waals surface area contributed by atoms with Gasteiger partial charge in [-0.1, -0.05) is 17.3 Å². The van der Waals surface area contributed by atoms with Crippen molar-refractivity contribution in [1.29, 1.82) is 0 Å². The lowest BCUT2D eigenvalue weighted by Gasteiger charge is -2.06. The first-order chi connectivity index (χ1) is 11.6. The van der Waals surface area contributed by atoms with Gasteiger partial charge in [-0.25, -0.2) is 0 Å². The second-order valence-electron chi connectivity index (χ2n) is 5.10. The van der Waals surface area contributed by atoms with Gasteiger partial charge in [0.2, 0.25) is 11.4 Å². The summed E-state index contributed by atoms with van der Waals surface area (Å²) in [5, 5.41) is 6.56. The van der Waals surface area contributed by atoms with E-state index in [0.717, 1.165) is 11.3 Å². The van der Waals surface area contributed by atoms with Crippen molar-refractivity contribution in [1.82, 2.24) is 10.1 Å². The van der Waals surface area contributed by atoms with Gasteiger partial charge >= 0.3 is 0 Å². The zero-order valence-corrected chi connectivity index (χ0v) is 13.1. The van der Waals surface area contributed by atoms with Crippen LogP contribution in [-0.2, 0) is 0 Å². The summed E-state index contributed by atoms with van der Waals surface area (Å²) in [6.07, 6.45) is 1.41. The van der Waals surface area contributed by atoms with Gasteiger partial charge in [0, 0.05) is 17.8 Å². The fraction of sp³-hybridized carbons (Fsp3) is 0.118. The summed E-state index contributed by atoms with van der Waals surface area (Å²) in [5.74, 6) is 0.497. The van der Waals surface area contributed by atoms with Gasteiger partial charge in [-0.15, -0.1) is 0 Å². The lowest BCUT2D eigenvalue weighted by molar-refractivity contribution is 0.102. The number of rotatable bonds is 4. The number of hydrogen-bond acceptors (Lipinski definition) is 5. The number of hydrogen-bond donors (Lipinski definition) is 2. The summed E-state index contributed by atoms with van der Waals surface area (Å²) in [4.78, 5) is 26.1. The van der Waals surface area contributed by atoms with E-state index in [9.17, 15) is 9.59 Å². The van der Waals surface area contributed by atoms with E-state index in [-0.39, 0.29) is 17.0 Å². The molecule has 24 heavy (non-hydrogen) atoms. The molecule has 0 saturated heterocycles. The predicted octanol–water partition coefficient (Wildman–Crippen LogP) is 2.60. The maximum Gasteiger partial charge on any atom is 0.258 e. The van der Waals surface area contributed by atoms with E-state index in [2.05, 4.69) is 15.5 Å². The molecule has 2 N–H and O–H groups in total. The molecule has 0 unspecified atom stereocenters. The first-order valence-electron chi connectivity index (χ1n) is 7.19. The molecule has 3 rings (SSSR count). The van der Waals surface area contributed by atoms with Crippen LogP contribution in [0.15, 0.2) is 51.9 Å². The molecule has 122 valence electrons. The number of nitrogens with zero attached hydrogens (tertiary/aromatic N) is 1. The Bertz CT molecular complexity index is 926. The van der Waals surface area contributed by atoms with Crippen molar-refractivity contribution in [2.24, 2.45) is 0 Å². The van der Waals surface area contributed by atoms with Gasteiger partial charge in [-0.05, 0) is 30.7 Å². The molecule has 0 bridgehead atoms. The van der Waals surface area contributed by atoms with E-state index in [4.69, 9.17) is 9.26 Å². The number of carbonyl (C=O) groups is 1. The number of nitrogens with one attached hydrogen (secondary N) is 2. The smallest absolute Gasteiger partial charge is 0.258 e. The number of pyridine rings is 1. The number of anilines is 1. The summed E-state index contributed by atoms with van der Waals surface area (Å²) >= 11 is 0. The van der Waals surface area contributed by atoms with Gasteiger partial charge in [0.15, 0.2) is 0 Å². The maximum atomic E-state index is 12.3. The number of ether oxygens (including phenoxy) is 1. The van der Waals surface area contributed by atoms with Gasteiger partial charge in [0.1, 0.15) is 5.75 Å². The van der Waals surface area contributed by atoms with E-state index >= 15 is 0 Å². The molecule has 0 saturated carbocycles. The Labute approximate surface area is 137 Å². The van der Waals surface area contributed by atoms with Crippen LogP contribution in [0.3, 0.4) is 0 Å². The Morgan fingerprint density at radius 1 is 1.25 bits per heavy atom. The maximum absolute atomic E-state index is 12.3. The highest BCUT2D eigenvalue weighted by Gasteiger charge is 2.18.